The van der Waals surface area contributed by atoms with Crippen LogP contribution in [-0.4, -0.2) is 9.78 Å². The van der Waals surface area contributed by atoms with E-state index in [4.69, 9.17) is 5.73 Å². The molecule has 0 radical (unpaired) electrons. The highest BCUT2D eigenvalue weighted by atomic mass is 79.9. The third kappa shape index (κ3) is 2.50. The molecule has 7 heteroatoms. The van der Waals surface area contributed by atoms with Crippen molar-refractivity contribution in [2.24, 2.45) is 0 Å². The summed E-state index contributed by atoms with van der Waals surface area (Å²) in [6.45, 7) is -0.0207. The summed E-state index contributed by atoms with van der Waals surface area (Å²) in [5.74, 6) is 0.298. The van der Waals surface area contributed by atoms with E-state index in [2.05, 4.69) is 21.0 Å². The Kier molecular flexibility index (Phi) is 3.34. The van der Waals surface area contributed by atoms with E-state index in [1.165, 1.54) is 23.0 Å². The summed E-state index contributed by atoms with van der Waals surface area (Å²) in [7, 11) is 0. The van der Waals surface area contributed by atoms with Gasteiger partial charge in [0.15, 0.2) is 0 Å². The van der Waals surface area contributed by atoms with Crippen LogP contribution in [0.1, 0.15) is 11.1 Å². The molecule has 1 heterocycles. The zero-order valence-corrected chi connectivity index (χ0v) is 10.7. The quantitative estimate of drug-likeness (QED) is 0.923. The first kappa shape index (κ1) is 12.9. The summed E-state index contributed by atoms with van der Waals surface area (Å²) in [6, 6.07) is 5.37. The van der Waals surface area contributed by atoms with Gasteiger partial charge in [0.25, 0.3) is 0 Å². The lowest BCUT2D eigenvalue weighted by molar-refractivity contribution is -0.138. The minimum Gasteiger partial charge on any atom is -0.383 e. The molecule has 0 aliphatic carbocycles. The Morgan fingerprint density at radius 1 is 1.28 bits per heavy atom. The number of halogens is 4. The second-order valence-corrected chi connectivity index (χ2v) is 4.54. The molecule has 0 amide bonds. The number of nitrogens with zero attached hydrogens (tertiary/aromatic N) is 2. The Bertz CT molecular complexity index is 563. The van der Waals surface area contributed by atoms with Gasteiger partial charge in [-0.15, -0.1) is 0 Å². The molecule has 0 atom stereocenters. The number of rotatable bonds is 2. The monoisotopic (exact) mass is 319 g/mol. The Hall–Kier alpha value is -1.50. The van der Waals surface area contributed by atoms with Crippen LogP contribution in [0, 0.1) is 0 Å². The maximum atomic E-state index is 12.8. The van der Waals surface area contributed by atoms with Gasteiger partial charge >= 0.3 is 6.18 Å². The van der Waals surface area contributed by atoms with Gasteiger partial charge in [0.2, 0.25) is 0 Å². The minimum absolute atomic E-state index is 0.0207. The van der Waals surface area contributed by atoms with Crippen LogP contribution in [0.15, 0.2) is 34.9 Å². The third-order valence-electron chi connectivity index (χ3n) is 2.48. The van der Waals surface area contributed by atoms with E-state index in [0.29, 0.717) is 10.3 Å². The van der Waals surface area contributed by atoms with Crippen molar-refractivity contribution < 1.29 is 13.2 Å². The van der Waals surface area contributed by atoms with Crippen molar-refractivity contribution in [1.29, 1.82) is 0 Å². The Balaban J connectivity index is 2.38. The maximum absolute atomic E-state index is 12.8. The molecule has 1 aromatic heterocycles. The Morgan fingerprint density at radius 3 is 2.50 bits per heavy atom. The topological polar surface area (TPSA) is 43.8 Å². The van der Waals surface area contributed by atoms with E-state index in [1.54, 1.807) is 6.07 Å². The number of nitrogens with two attached hydrogens (primary N) is 1. The van der Waals surface area contributed by atoms with Crippen LogP contribution in [0.25, 0.3) is 0 Å². The van der Waals surface area contributed by atoms with Crippen molar-refractivity contribution in [3.63, 3.8) is 0 Å². The molecule has 0 spiro atoms. The molecule has 0 aliphatic heterocycles. The number of anilines is 1. The van der Waals surface area contributed by atoms with E-state index < -0.39 is 11.7 Å². The van der Waals surface area contributed by atoms with Crippen molar-refractivity contribution in [1.82, 2.24) is 9.78 Å². The molecule has 18 heavy (non-hydrogen) atoms. The summed E-state index contributed by atoms with van der Waals surface area (Å²) in [6.07, 6.45) is -2.93. The predicted octanol–water partition coefficient (Wildman–Crippen LogP) is 3.29. The van der Waals surface area contributed by atoms with Gasteiger partial charge in [0, 0.05) is 0 Å². The molecule has 0 aliphatic rings. The smallest absolute Gasteiger partial charge is 0.383 e. The van der Waals surface area contributed by atoms with Gasteiger partial charge < -0.3 is 5.73 Å². The maximum Gasteiger partial charge on any atom is 0.416 e. The first-order valence-corrected chi connectivity index (χ1v) is 5.81. The second-order valence-electron chi connectivity index (χ2n) is 3.69. The molecule has 2 rings (SSSR count). The van der Waals surface area contributed by atoms with Crippen molar-refractivity contribution in [2.75, 3.05) is 5.73 Å². The van der Waals surface area contributed by atoms with Crippen LogP contribution in [0.4, 0.5) is 19.0 Å². The fourth-order valence-corrected chi connectivity index (χ4v) is 1.89. The highest BCUT2D eigenvalue weighted by Gasteiger charge is 2.33. The molecular weight excluding hydrogens is 311 g/mol. The molecule has 0 bridgehead atoms. The Labute approximate surface area is 110 Å². The molecule has 2 aromatic rings. The molecule has 2 N–H and O–H groups in total. The first-order chi connectivity index (χ1) is 8.39. The first-order valence-electron chi connectivity index (χ1n) is 5.01. The predicted molar refractivity (Wildman–Crippen MR) is 64.9 cm³/mol. The minimum atomic E-state index is -4.38. The largest absolute Gasteiger partial charge is 0.416 e. The molecule has 1 aromatic carbocycles. The number of hydrogen-bond acceptors (Lipinski definition) is 2. The van der Waals surface area contributed by atoms with Crippen LogP contribution in [-0.2, 0) is 12.7 Å². The normalized spacial score (nSPS) is 11.8. The second kappa shape index (κ2) is 4.64. The van der Waals surface area contributed by atoms with Crippen LogP contribution in [0.3, 0.4) is 0 Å². The van der Waals surface area contributed by atoms with E-state index in [0.717, 1.165) is 6.07 Å². The van der Waals surface area contributed by atoms with Gasteiger partial charge in [0.1, 0.15) is 5.82 Å². The molecule has 0 saturated carbocycles. The average molecular weight is 320 g/mol. The Morgan fingerprint density at radius 2 is 1.94 bits per heavy atom. The lowest BCUT2D eigenvalue weighted by atomic mass is 10.1. The number of hydrogen-bond donors (Lipinski definition) is 1. The molecule has 96 valence electrons. The lowest BCUT2D eigenvalue weighted by Gasteiger charge is -2.13. The molecule has 0 saturated heterocycles. The molecule has 0 unspecified atom stereocenters. The summed E-state index contributed by atoms with van der Waals surface area (Å²) in [4.78, 5) is 0. The molecule has 0 fully saturated rings. The van der Waals surface area contributed by atoms with Crippen molar-refractivity contribution in [3.8, 4) is 0 Å². The third-order valence-corrected chi connectivity index (χ3v) is 3.09. The summed E-state index contributed by atoms with van der Waals surface area (Å²) in [5.41, 5.74) is 5.14. The van der Waals surface area contributed by atoms with Gasteiger partial charge in [0.05, 0.1) is 22.8 Å². The van der Waals surface area contributed by atoms with Crippen molar-refractivity contribution >= 4 is 21.7 Å². The average Bonchev–Trinajstić information content (AvgIpc) is 2.60. The van der Waals surface area contributed by atoms with Gasteiger partial charge in [-0.1, -0.05) is 18.2 Å². The summed E-state index contributed by atoms with van der Waals surface area (Å²) >= 11 is 3.16. The fraction of sp³-hybridized carbons (Fsp3) is 0.182. The van der Waals surface area contributed by atoms with E-state index in [9.17, 15) is 13.2 Å². The number of aromatic nitrogens is 2. The molecular formula is C11H9BrF3N3. The number of alkyl halides is 3. The molecule has 3 nitrogen and oxygen atoms in total. The highest BCUT2D eigenvalue weighted by molar-refractivity contribution is 9.10. The van der Waals surface area contributed by atoms with E-state index >= 15 is 0 Å². The van der Waals surface area contributed by atoms with Crippen LogP contribution < -0.4 is 5.73 Å². The number of nitrogen functional groups attached to an aromatic ring is 1. The fourth-order valence-electron chi connectivity index (χ4n) is 1.59. The van der Waals surface area contributed by atoms with Gasteiger partial charge in [-0.05, 0) is 27.6 Å². The van der Waals surface area contributed by atoms with Crippen LogP contribution in [0.5, 0.6) is 0 Å². The van der Waals surface area contributed by atoms with Crippen molar-refractivity contribution in [3.05, 3.63) is 46.1 Å². The number of benzene rings is 1. The summed E-state index contributed by atoms with van der Waals surface area (Å²) < 4.78 is 40.2. The summed E-state index contributed by atoms with van der Waals surface area (Å²) in [5, 5.41) is 3.91. The van der Waals surface area contributed by atoms with Crippen molar-refractivity contribution in [2.45, 2.75) is 12.7 Å². The van der Waals surface area contributed by atoms with Gasteiger partial charge in [-0.25, -0.2) is 4.68 Å². The van der Waals surface area contributed by atoms with E-state index in [1.807, 2.05) is 0 Å². The van der Waals surface area contributed by atoms with Gasteiger partial charge in [-0.3, -0.25) is 0 Å². The zero-order chi connectivity index (χ0) is 13.3. The van der Waals surface area contributed by atoms with Crippen LogP contribution in [0.2, 0.25) is 0 Å². The van der Waals surface area contributed by atoms with E-state index in [-0.39, 0.29) is 12.1 Å². The lowest BCUT2D eigenvalue weighted by Crippen LogP contribution is -2.13. The highest BCUT2D eigenvalue weighted by Crippen LogP contribution is 2.32. The van der Waals surface area contributed by atoms with Crippen LogP contribution >= 0.6 is 15.9 Å². The van der Waals surface area contributed by atoms with Gasteiger partial charge in [-0.2, -0.15) is 18.3 Å². The SMILES string of the molecule is Nc1c(Br)cnn1Cc1ccccc1C(F)(F)F. The standard InChI is InChI=1S/C11H9BrF3N3/c12-9-5-17-18(10(9)16)6-7-3-1-2-4-8(7)11(13,14)15/h1-5H,6,16H2. The zero-order valence-electron chi connectivity index (χ0n) is 9.08.